The maximum atomic E-state index is 10.7. The maximum absolute atomic E-state index is 10.7. The van der Waals surface area contributed by atoms with Gasteiger partial charge in [0.1, 0.15) is 0 Å². The zero-order valence-corrected chi connectivity index (χ0v) is 12.6. The van der Waals surface area contributed by atoms with Crippen molar-refractivity contribution in [2.45, 2.75) is 50.6 Å². The molecule has 0 N–H and O–H groups in total. The predicted octanol–water partition coefficient (Wildman–Crippen LogP) is 3.39. The van der Waals surface area contributed by atoms with Gasteiger partial charge in [0.2, 0.25) is 5.16 Å². The molecule has 0 aliphatic carbocycles. The first kappa shape index (κ1) is 15.0. The Morgan fingerprint density at radius 1 is 1.25 bits per heavy atom. The molecular weight excluding hydrogens is 272 g/mol. The molecule has 0 spiro atoms. The summed E-state index contributed by atoms with van der Waals surface area (Å²) in [6.07, 6.45) is 11.7. The van der Waals surface area contributed by atoms with Crippen LogP contribution in [0, 0.1) is 0 Å². The summed E-state index contributed by atoms with van der Waals surface area (Å²) in [5, 5.41) is 5.05. The smallest absolute Gasteiger partial charge is 0.253 e. The third-order valence-electron chi connectivity index (χ3n) is 3.06. The number of hydrogen-bond donors (Lipinski definition) is 0. The summed E-state index contributed by atoms with van der Waals surface area (Å²) in [5.41, 5.74) is 0.509. The van der Waals surface area contributed by atoms with Crippen molar-refractivity contribution in [1.82, 2.24) is 19.6 Å². The van der Waals surface area contributed by atoms with E-state index >= 15 is 0 Å². The summed E-state index contributed by atoms with van der Waals surface area (Å²) >= 11 is 1.65. The second-order valence-corrected chi connectivity index (χ2v) is 5.82. The van der Waals surface area contributed by atoms with Crippen LogP contribution in [0.1, 0.15) is 55.8 Å². The van der Waals surface area contributed by atoms with E-state index in [2.05, 4.69) is 22.0 Å². The van der Waals surface area contributed by atoms with Crippen LogP contribution in [-0.4, -0.2) is 31.6 Å². The minimum atomic E-state index is 0.509. The SMILES string of the molecule is CCCCCCCCSc1nc2ncc(C=O)cn2n1. The van der Waals surface area contributed by atoms with Gasteiger partial charge in [-0.15, -0.1) is 5.10 Å². The Hall–Kier alpha value is -1.43. The van der Waals surface area contributed by atoms with Gasteiger partial charge in [-0.25, -0.2) is 9.50 Å². The summed E-state index contributed by atoms with van der Waals surface area (Å²) in [6, 6.07) is 0. The maximum Gasteiger partial charge on any atom is 0.253 e. The largest absolute Gasteiger partial charge is 0.298 e. The molecule has 0 bridgehead atoms. The Morgan fingerprint density at radius 3 is 2.85 bits per heavy atom. The molecule has 0 radical (unpaired) electrons. The Morgan fingerprint density at radius 2 is 2.05 bits per heavy atom. The van der Waals surface area contributed by atoms with Gasteiger partial charge >= 0.3 is 0 Å². The van der Waals surface area contributed by atoms with Crippen LogP contribution >= 0.6 is 11.8 Å². The van der Waals surface area contributed by atoms with Gasteiger partial charge < -0.3 is 0 Å². The zero-order valence-electron chi connectivity index (χ0n) is 11.8. The molecule has 6 heteroatoms. The average molecular weight is 292 g/mol. The second-order valence-electron chi connectivity index (χ2n) is 4.76. The van der Waals surface area contributed by atoms with Crippen molar-refractivity contribution in [3.63, 3.8) is 0 Å². The van der Waals surface area contributed by atoms with Crippen molar-refractivity contribution in [1.29, 1.82) is 0 Å². The predicted molar refractivity (Wildman–Crippen MR) is 80.3 cm³/mol. The molecule has 0 fully saturated rings. The normalized spacial score (nSPS) is 11.1. The molecule has 2 heterocycles. The Kier molecular flexibility index (Phi) is 5.98. The van der Waals surface area contributed by atoms with E-state index in [4.69, 9.17) is 0 Å². The molecule has 0 saturated carbocycles. The average Bonchev–Trinajstić information content (AvgIpc) is 2.87. The van der Waals surface area contributed by atoms with Crippen LogP contribution in [0.5, 0.6) is 0 Å². The van der Waals surface area contributed by atoms with Gasteiger partial charge in [0, 0.05) is 18.1 Å². The Labute approximate surface area is 123 Å². The van der Waals surface area contributed by atoms with Crippen molar-refractivity contribution in [2.24, 2.45) is 0 Å². The van der Waals surface area contributed by atoms with Gasteiger partial charge in [0.25, 0.3) is 5.78 Å². The first-order valence-corrected chi connectivity index (χ1v) is 8.12. The molecule has 2 aromatic rings. The number of hydrogen-bond acceptors (Lipinski definition) is 5. The van der Waals surface area contributed by atoms with Crippen molar-refractivity contribution in [3.05, 3.63) is 18.0 Å². The van der Waals surface area contributed by atoms with E-state index in [0.717, 1.165) is 17.2 Å². The number of unbranched alkanes of at least 4 members (excludes halogenated alkanes) is 5. The van der Waals surface area contributed by atoms with E-state index in [-0.39, 0.29) is 0 Å². The molecule has 2 rings (SSSR count). The number of carbonyl (C=O) groups is 1. The van der Waals surface area contributed by atoms with Gasteiger partial charge in [-0.1, -0.05) is 50.8 Å². The number of aldehydes is 1. The van der Waals surface area contributed by atoms with E-state index in [0.29, 0.717) is 11.3 Å². The van der Waals surface area contributed by atoms with Crippen LogP contribution in [0.4, 0.5) is 0 Å². The van der Waals surface area contributed by atoms with Crippen molar-refractivity contribution in [3.8, 4) is 0 Å². The monoisotopic (exact) mass is 292 g/mol. The molecule has 2 aromatic heterocycles. The molecule has 0 aliphatic rings. The molecular formula is C14H20N4OS. The molecule has 0 atom stereocenters. The fraction of sp³-hybridized carbons (Fsp3) is 0.571. The Balaban J connectivity index is 1.77. The van der Waals surface area contributed by atoms with Gasteiger partial charge in [-0.2, -0.15) is 4.98 Å². The first-order chi connectivity index (χ1) is 9.83. The zero-order chi connectivity index (χ0) is 14.2. The quantitative estimate of drug-likeness (QED) is 0.403. The molecule has 0 unspecified atom stereocenters. The number of aromatic nitrogens is 4. The number of rotatable bonds is 9. The second kappa shape index (κ2) is 7.99. The van der Waals surface area contributed by atoms with E-state index < -0.39 is 0 Å². The number of carbonyl (C=O) groups excluding carboxylic acids is 1. The lowest BCUT2D eigenvalue weighted by molar-refractivity contribution is 0.112. The molecule has 0 saturated heterocycles. The van der Waals surface area contributed by atoms with Crippen LogP contribution in [0.25, 0.3) is 5.78 Å². The fourth-order valence-electron chi connectivity index (χ4n) is 1.95. The first-order valence-electron chi connectivity index (χ1n) is 7.14. The molecule has 0 amide bonds. The fourth-order valence-corrected chi connectivity index (χ4v) is 2.77. The van der Waals surface area contributed by atoms with Crippen molar-refractivity contribution in [2.75, 3.05) is 5.75 Å². The lowest BCUT2D eigenvalue weighted by Crippen LogP contribution is -1.93. The molecule has 20 heavy (non-hydrogen) atoms. The van der Waals surface area contributed by atoms with Gasteiger partial charge in [-0.3, -0.25) is 4.79 Å². The highest BCUT2D eigenvalue weighted by atomic mass is 32.2. The number of thioether (sulfide) groups is 1. The lowest BCUT2D eigenvalue weighted by atomic mass is 10.1. The van der Waals surface area contributed by atoms with E-state index in [1.807, 2.05) is 0 Å². The third kappa shape index (κ3) is 4.30. The summed E-state index contributed by atoms with van der Waals surface area (Å²) in [5.74, 6) is 1.57. The van der Waals surface area contributed by atoms with E-state index in [1.165, 1.54) is 44.7 Å². The van der Waals surface area contributed by atoms with E-state index in [1.54, 1.807) is 22.5 Å². The standard InChI is InChI=1S/C14H20N4OS/c1-2-3-4-5-6-7-8-20-14-16-13-15-9-12(11-19)10-18(13)17-14/h9-11H,2-8H2,1H3. The minimum absolute atomic E-state index is 0.509. The van der Waals surface area contributed by atoms with Crippen LogP contribution < -0.4 is 0 Å². The van der Waals surface area contributed by atoms with Crippen LogP contribution in [0.2, 0.25) is 0 Å². The molecule has 5 nitrogen and oxygen atoms in total. The topological polar surface area (TPSA) is 60.2 Å². The molecule has 0 aliphatic heterocycles. The third-order valence-corrected chi connectivity index (χ3v) is 3.98. The lowest BCUT2D eigenvalue weighted by Gasteiger charge is -1.98. The minimum Gasteiger partial charge on any atom is -0.298 e. The van der Waals surface area contributed by atoms with E-state index in [9.17, 15) is 4.79 Å². The Bertz CT molecular complexity index is 555. The van der Waals surface area contributed by atoms with Crippen molar-refractivity contribution < 1.29 is 4.79 Å². The highest BCUT2D eigenvalue weighted by molar-refractivity contribution is 7.99. The van der Waals surface area contributed by atoms with Crippen molar-refractivity contribution >= 4 is 23.8 Å². The summed E-state index contributed by atoms with van der Waals surface area (Å²) in [7, 11) is 0. The van der Waals surface area contributed by atoms with Gasteiger partial charge in [-0.05, 0) is 6.42 Å². The number of fused-ring (bicyclic) bond motifs is 1. The summed E-state index contributed by atoms with van der Waals surface area (Å²) in [4.78, 5) is 19.1. The van der Waals surface area contributed by atoms with Gasteiger partial charge in [0.15, 0.2) is 6.29 Å². The molecule has 0 aromatic carbocycles. The van der Waals surface area contributed by atoms with Crippen LogP contribution in [0.3, 0.4) is 0 Å². The van der Waals surface area contributed by atoms with Gasteiger partial charge in [0.05, 0.1) is 5.56 Å². The highest BCUT2D eigenvalue weighted by Crippen LogP contribution is 2.16. The summed E-state index contributed by atoms with van der Waals surface area (Å²) < 4.78 is 1.56. The highest BCUT2D eigenvalue weighted by Gasteiger charge is 2.05. The van der Waals surface area contributed by atoms with Crippen LogP contribution in [-0.2, 0) is 0 Å². The summed E-state index contributed by atoms with van der Waals surface area (Å²) in [6.45, 7) is 2.23. The number of nitrogens with zero attached hydrogens (tertiary/aromatic N) is 4. The molecule has 108 valence electrons. The van der Waals surface area contributed by atoms with Crippen LogP contribution in [0.15, 0.2) is 17.6 Å².